The molecule has 1 atom stereocenters. The molecule has 2 rings (SSSR count). The van der Waals surface area contributed by atoms with Crippen molar-refractivity contribution in [3.05, 3.63) is 53.6 Å². The third-order valence-corrected chi connectivity index (χ3v) is 3.65. The number of amides is 1. The minimum Gasteiger partial charge on any atom is -0.497 e. The van der Waals surface area contributed by atoms with Crippen molar-refractivity contribution >= 4 is 5.91 Å². The fraction of sp³-hybridized carbons (Fsp3) is 0.316. The normalized spacial score (nSPS) is 11.5. The average Bonchev–Trinajstić information content (AvgIpc) is 2.61. The Labute approximate surface area is 142 Å². The highest BCUT2D eigenvalue weighted by atomic mass is 16.5. The van der Waals surface area contributed by atoms with Gasteiger partial charge < -0.3 is 19.5 Å². The third kappa shape index (κ3) is 4.41. The van der Waals surface area contributed by atoms with Crippen LogP contribution in [0, 0.1) is 0 Å². The van der Waals surface area contributed by atoms with Gasteiger partial charge >= 0.3 is 0 Å². The molecule has 0 bridgehead atoms. The van der Waals surface area contributed by atoms with E-state index in [1.54, 1.807) is 32.4 Å². The molecule has 0 saturated heterocycles. The zero-order chi connectivity index (χ0) is 17.5. The van der Waals surface area contributed by atoms with Crippen LogP contribution in [0.2, 0.25) is 0 Å². The summed E-state index contributed by atoms with van der Waals surface area (Å²) in [6, 6.07) is 12.7. The first-order valence-corrected chi connectivity index (χ1v) is 7.84. The van der Waals surface area contributed by atoms with Crippen molar-refractivity contribution in [2.75, 3.05) is 20.8 Å². The van der Waals surface area contributed by atoms with E-state index in [2.05, 4.69) is 5.32 Å². The number of nitrogens with one attached hydrogen (secondary N) is 1. The van der Waals surface area contributed by atoms with Crippen molar-refractivity contribution in [1.82, 2.24) is 5.32 Å². The molecule has 0 radical (unpaired) electrons. The van der Waals surface area contributed by atoms with Crippen molar-refractivity contribution in [3.8, 4) is 17.2 Å². The number of methoxy groups -OCH3 is 2. The van der Waals surface area contributed by atoms with Gasteiger partial charge in [0, 0.05) is 11.6 Å². The van der Waals surface area contributed by atoms with Gasteiger partial charge in [-0.05, 0) is 43.7 Å². The molecule has 24 heavy (non-hydrogen) atoms. The first-order chi connectivity index (χ1) is 11.6. The van der Waals surface area contributed by atoms with Gasteiger partial charge in [0.1, 0.15) is 17.2 Å². The molecule has 5 heteroatoms. The monoisotopic (exact) mass is 329 g/mol. The van der Waals surface area contributed by atoms with Gasteiger partial charge in [0.25, 0.3) is 5.91 Å². The quantitative estimate of drug-likeness (QED) is 0.843. The van der Waals surface area contributed by atoms with Crippen molar-refractivity contribution in [3.63, 3.8) is 0 Å². The van der Waals surface area contributed by atoms with Gasteiger partial charge in [0.2, 0.25) is 0 Å². The van der Waals surface area contributed by atoms with Crippen LogP contribution in [0.1, 0.15) is 35.8 Å². The van der Waals surface area contributed by atoms with E-state index < -0.39 is 0 Å². The van der Waals surface area contributed by atoms with Crippen LogP contribution in [0.3, 0.4) is 0 Å². The molecule has 2 aromatic rings. The molecule has 0 spiro atoms. The van der Waals surface area contributed by atoms with Crippen molar-refractivity contribution in [2.45, 2.75) is 19.9 Å². The van der Waals surface area contributed by atoms with Crippen LogP contribution >= 0.6 is 0 Å². The molecule has 2 aromatic carbocycles. The Kier molecular flexibility index (Phi) is 6.07. The number of benzene rings is 2. The molecule has 0 aliphatic rings. The van der Waals surface area contributed by atoms with Crippen LogP contribution in [-0.4, -0.2) is 26.7 Å². The minimum atomic E-state index is -0.186. The fourth-order valence-corrected chi connectivity index (χ4v) is 2.32. The second kappa shape index (κ2) is 8.24. The van der Waals surface area contributed by atoms with E-state index in [1.165, 1.54) is 0 Å². The van der Waals surface area contributed by atoms with Gasteiger partial charge in [-0.2, -0.15) is 0 Å². The zero-order valence-electron chi connectivity index (χ0n) is 14.5. The van der Waals surface area contributed by atoms with Gasteiger partial charge in [-0.25, -0.2) is 0 Å². The zero-order valence-corrected chi connectivity index (χ0v) is 14.5. The Morgan fingerprint density at radius 1 is 1.00 bits per heavy atom. The Hall–Kier alpha value is -2.69. The minimum absolute atomic E-state index is 0.134. The molecule has 0 unspecified atom stereocenters. The van der Waals surface area contributed by atoms with Crippen LogP contribution in [0.15, 0.2) is 42.5 Å². The molecule has 5 nitrogen and oxygen atoms in total. The number of hydrogen-bond donors (Lipinski definition) is 1. The Morgan fingerprint density at radius 3 is 2.08 bits per heavy atom. The summed E-state index contributed by atoms with van der Waals surface area (Å²) in [6.45, 7) is 4.51. The highest BCUT2D eigenvalue weighted by molar-refractivity contribution is 5.95. The van der Waals surface area contributed by atoms with E-state index >= 15 is 0 Å². The van der Waals surface area contributed by atoms with E-state index in [9.17, 15) is 4.79 Å². The van der Waals surface area contributed by atoms with Gasteiger partial charge in [-0.3, -0.25) is 4.79 Å². The van der Waals surface area contributed by atoms with Crippen LogP contribution in [0.4, 0.5) is 0 Å². The summed E-state index contributed by atoms with van der Waals surface area (Å²) in [6.07, 6.45) is 0. The molecular formula is C19H23NO4. The number of ether oxygens (including phenoxy) is 3. The van der Waals surface area contributed by atoms with Gasteiger partial charge in [0.15, 0.2) is 0 Å². The SMILES string of the molecule is CCOc1ccc([C@H](C)NC(=O)c2cc(OC)cc(OC)c2)cc1. The van der Waals surface area contributed by atoms with Crippen LogP contribution in [-0.2, 0) is 0 Å². The smallest absolute Gasteiger partial charge is 0.252 e. The van der Waals surface area contributed by atoms with Crippen molar-refractivity contribution < 1.29 is 19.0 Å². The maximum absolute atomic E-state index is 12.5. The molecule has 128 valence electrons. The molecule has 0 saturated carbocycles. The number of rotatable bonds is 7. The molecule has 1 N–H and O–H groups in total. The summed E-state index contributed by atoms with van der Waals surface area (Å²) in [5.74, 6) is 1.78. The highest BCUT2D eigenvalue weighted by Crippen LogP contribution is 2.23. The first kappa shape index (κ1) is 17.7. The van der Waals surface area contributed by atoms with E-state index in [0.717, 1.165) is 11.3 Å². The lowest BCUT2D eigenvalue weighted by molar-refractivity contribution is 0.0939. The van der Waals surface area contributed by atoms with Crippen LogP contribution < -0.4 is 19.5 Å². The van der Waals surface area contributed by atoms with E-state index in [0.29, 0.717) is 23.7 Å². The Morgan fingerprint density at radius 2 is 1.58 bits per heavy atom. The molecule has 0 aliphatic heterocycles. The van der Waals surface area contributed by atoms with E-state index in [-0.39, 0.29) is 11.9 Å². The Balaban J connectivity index is 2.10. The maximum atomic E-state index is 12.5. The lowest BCUT2D eigenvalue weighted by Gasteiger charge is -2.16. The predicted molar refractivity (Wildman–Crippen MR) is 93.0 cm³/mol. The molecule has 0 fully saturated rings. The summed E-state index contributed by atoms with van der Waals surface area (Å²) in [5.41, 5.74) is 1.49. The van der Waals surface area contributed by atoms with Crippen molar-refractivity contribution in [2.24, 2.45) is 0 Å². The summed E-state index contributed by atoms with van der Waals surface area (Å²) in [4.78, 5) is 12.5. The number of carbonyl (C=O) groups excluding carboxylic acids is 1. The maximum Gasteiger partial charge on any atom is 0.252 e. The van der Waals surface area contributed by atoms with Crippen molar-refractivity contribution in [1.29, 1.82) is 0 Å². The summed E-state index contributed by atoms with van der Waals surface area (Å²) < 4.78 is 15.8. The molecule has 1 amide bonds. The molecule has 0 aliphatic carbocycles. The third-order valence-electron chi connectivity index (χ3n) is 3.65. The average molecular weight is 329 g/mol. The number of hydrogen-bond acceptors (Lipinski definition) is 4. The largest absolute Gasteiger partial charge is 0.497 e. The lowest BCUT2D eigenvalue weighted by atomic mass is 10.1. The highest BCUT2D eigenvalue weighted by Gasteiger charge is 2.14. The lowest BCUT2D eigenvalue weighted by Crippen LogP contribution is -2.26. The summed E-state index contributed by atoms with van der Waals surface area (Å²) in [7, 11) is 3.11. The van der Waals surface area contributed by atoms with Crippen LogP contribution in [0.25, 0.3) is 0 Å². The second-order valence-electron chi connectivity index (χ2n) is 5.30. The van der Waals surface area contributed by atoms with Gasteiger partial charge in [-0.1, -0.05) is 12.1 Å². The summed E-state index contributed by atoms with van der Waals surface area (Å²) in [5, 5.41) is 2.98. The van der Waals surface area contributed by atoms with Gasteiger partial charge in [0.05, 0.1) is 26.9 Å². The van der Waals surface area contributed by atoms with Gasteiger partial charge in [-0.15, -0.1) is 0 Å². The first-order valence-electron chi connectivity index (χ1n) is 7.84. The standard InChI is InChI=1S/C19H23NO4/c1-5-24-16-8-6-14(7-9-16)13(2)20-19(21)15-10-17(22-3)12-18(11-15)23-4/h6-13H,5H2,1-4H3,(H,20,21)/t13-/m0/s1. The summed E-state index contributed by atoms with van der Waals surface area (Å²) >= 11 is 0. The molecular weight excluding hydrogens is 306 g/mol. The topological polar surface area (TPSA) is 56.8 Å². The molecule has 0 aromatic heterocycles. The van der Waals surface area contributed by atoms with E-state index in [1.807, 2.05) is 38.1 Å². The van der Waals surface area contributed by atoms with E-state index in [4.69, 9.17) is 14.2 Å². The Bertz CT molecular complexity index is 660. The van der Waals surface area contributed by atoms with Crippen LogP contribution in [0.5, 0.6) is 17.2 Å². The molecule has 0 heterocycles. The fourth-order valence-electron chi connectivity index (χ4n) is 2.32. The predicted octanol–water partition coefficient (Wildman–Crippen LogP) is 3.59. The number of carbonyl (C=O) groups is 1. The second-order valence-corrected chi connectivity index (χ2v) is 5.30.